The maximum Gasteiger partial charge on any atom is 0.234 e. The number of carbonyl (C=O) groups excluding carboxylic acids is 1. The van der Waals surface area contributed by atoms with Crippen LogP contribution in [0.2, 0.25) is 0 Å². The van der Waals surface area contributed by atoms with Gasteiger partial charge in [0, 0.05) is 13.7 Å². The SMILES string of the molecule is COCCOc1cccc(CNC(=O)CN)c1.Cl. The Morgan fingerprint density at radius 1 is 1.39 bits per heavy atom. The molecule has 0 saturated heterocycles. The van der Waals surface area contributed by atoms with Crippen molar-refractivity contribution in [3.05, 3.63) is 29.8 Å². The van der Waals surface area contributed by atoms with Gasteiger partial charge in [-0.15, -0.1) is 12.4 Å². The lowest BCUT2D eigenvalue weighted by Gasteiger charge is -2.08. The maximum atomic E-state index is 11.0. The van der Waals surface area contributed by atoms with Gasteiger partial charge in [0.1, 0.15) is 12.4 Å². The highest BCUT2D eigenvalue weighted by Gasteiger charge is 1.99. The largest absolute Gasteiger partial charge is 0.491 e. The highest BCUT2D eigenvalue weighted by molar-refractivity contribution is 5.85. The number of hydrogen-bond acceptors (Lipinski definition) is 4. The molecule has 6 heteroatoms. The van der Waals surface area contributed by atoms with Crippen LogP contribution in [-0.4, -0.2) is 32.8 Å². The third-order valence-electron chi connectivity index (χ3n) is 2.13. The predicted octanol–water partition coefficient (Wildman–Crippen LogP) is 0.709. The molecule has 5 nitrogen and oxygen atoms in total. The number of methoxy groups -OCH3 is 1. The van der Waals surface area contributed by atoms with Gasteiger partial charge in [-0.05, 0) is 17.7 Å². The summed E-state index contributed by atoms with van der Waals surface area (Å²) in [5.74, 6) is 0.595. The molecular formula is C12H19ClN2O3. The summed E-state index contributed by atoms with van der Waals surface area (Å²) in [7, 11) is 1.63. The van der Waals surface area contributed by atoms with Crippen molar-refractivity contribution in [3.63, 3.8) is 0 Å². The molecule has 1 amide bonds. The average molecular weight is 275 g/mol. The van der Waals surface area contributed by atoms with Crippen molar-refractivity contribution in [1.29, 1.82) is 0 Å². The van der Waals surface area contributed by atoms with Gasteiger partial charge in [0.15, 0.2) is 0 Å². The van der Waals surface area contributed by atoms with E-state index in [4.69, 9.17) is 15.2 Å². The van der Waals surface area contributed by atoms with E-state index in [-0.39, 0.29) is 24.9 Å². The zero-order chi connectivity index (χ0) is 12.5. The molecule has 0 heterocycles. The number of rotatable bonds is 7. The monoisotopic (exact) mass is 274 g/mol. The Morgan fingerprint density at radius 2 is 2.17 bits per heavy atom. The van der Waals surface area contributed by atoms with Gasteiger partial charge in [-0.25, -0.2) is 0 Å². The predicted molar refractivity (Wildman–Crippen MR) is 72.0 cm³/mol. The Bertz CT molecular complexity index is 361. The van der Waals surface area contributed by atoms with Gasteiger partial charge in [0.25, 0.3) is 0 Å². The van der Waals surface area contributed by atoms with Gasteiger partial charge >= 0.3 is 0 Å². The summed E-state index contributed by atoms with van der Waals surface area (Å²) in [6.45, 7) is 1.52. The maximum absolute atomic E-state index is 11.0. The van der Waals surface area contributed by atoms with Gasteiger partial charge in [-0.3, -0.25) is 4.79 Å². The van der Waals surface area contributed by atoms with Gasteiger partial charge in [0.05, 0.1) is 13.2 Å². The molecule has 0 saturated carbocycles. The minimum Gasteiger partial charge on any atom is -0.491 e. The van der Waals surface area contributed by atoms with Crippen LogP contribution in [0.15, 0.2) is 24.3 Å². The summed E-state index contributed by atoms with van der Waals surface area (Å²) in [6.07, 6.45) is 0. The fourth-order valence-electron chi connectivity index (χ4n) is 1.26. The second-order valence-electron chi connectivity index (χ2n) is 3.47. The molecule has 0 aliphatic carbocycles. The molecule has 1 aromatic rings. The van der Waals surface area contributed by atoms with Gasteiger partial charge < -0.3 is 20.5 Å². The number of ether oxygens (including phenoxy) is 2. The van der Waals surface area contributed by atoms with Crippen LogP contribution in [-0.2, 0) is 16.1 Å². The highest BCUT2D eigenvalue weighted by atomic mass is 35.5. The quantitative estimate of drug-likeness (QED) is 0.718. The van der Waals surface area contributed by atoms with Crippen LogP contribution >= 0.6 is 12.4 Å². The Hall–Kier alpha value is -1.30. The third-order valence-corrected chi connectivity index (χ3v) is 2.13. The summed E-state index contributed by atoms with van der Waals surface area (Å²) >= 11 is 0. The highest BCUT2D eigenvalue weighted by Crippen LogP contribution is 2.12. The van der Waals surface area contributed by atoms with Crippen LogP contribution in [0.4, 0.5) is 0 Å². The number of carbonyl (C=O) groups is 1. The molecule has 0 atom stereocenters. The Kier molecular flexibility index (Phi) is 9.00. The third kappa shape index (κ3) is 6.44. The van der Waals surface area contributed by atoms with Crippen LogP contribution in [0.25, 0.3) is 0 Å². The molecule has 0 spiro atoms. The summed E-state index contributed by atoms with van der Waals surface area (Å²) in [4.78, 5) is 11.0. The molecule has 1 rings (SSSR count). The molecule has 0 aliphatic heterocycles. The summed E-state index contributed by atoms with van der Waals surface area (Å²) in [5, 5.41) is 2.70. The van der Waals surface area contributed by atoms with E-state index >= 15 is 0 Å². The first kappa shape index (κ1) is 16.7. The van der Waals surface area contributed by atoms with Crippen molar-refractivity contribution in [1.82, 2.24) is 5.32 Å². The second-order valence-corrected chi connectivity index (χ2v) is 3.47. The fourth-order valence-corrected chi connectivity index (χ4v) is 1.26. The normalized spacial score (nSPS) is 9.44. The average Bonchev–Trinajstić information content (AvgIpc) is 2.37. The van der Waals surface area contributed by atoms with E-state index in [0.717, 1.165) is 11.3 Å². The minimum absolute atomic E-state index is 0. The van der Waals surface area contributed by atoms with E-state index in [1.807, 2.05) is 24.3 Å². The number of nitrogens with two attached hydrogens (primary N) is 1. The van der Waals surface area contributed by atoms with Crippen LogP contribution < -0.4 is 15.8 Å². The fraction of sp³-hybridized carbons (Fsp3) is 0.417. The molecular weight excluding hydrogens is 256 g/mol. The Labute approximate surface area is 113 Å². The van der Waals surface area contributed by atoms with Crippen molar-refractivity contribution < 1.29 is 14.3 Å². The van der Waals surface area contributed by atoms with Crippen LogP contribution in [0, 0.1) is 0 Å². The van der Waals surface area contributed by atoms with E-state index in [0.29, 0.717) is 19.8 Å². The molecule has 0 unspecified atom stereocenters. The van der Waals surface area contributed by atoms with Gasteiger partial charge in [-0.1, -0.05) is 12.1 Å². The number of benzene rings is 1. The topological polar surface area (TPSA) is 73.6 Å². The summed E-state index contributed by atoms with van der Waals surface area (Å²) < 4.78 is 10.3. The first-order valence-corrected chi connectivity index (χ1v) is 5.43. The van der Waals surface area contributed by atoms with Crippen molar-refractivity contribution in [3.8, 4) is 5.75 Å². The molecule has 1 aromatic carbocycles. The van der Waals surface area contributed by atoms with Gasteiger partial charge in [-0.2, -0.15) is 0 Å². The lowest BCUT2D eigenvalue weighted by Crippen LogP contribution is -2.29. The molecule has 3 N–H and O–H groups in total. The molecule has 0 aliphatic rings. The molecule has 102 valence electrons. The lowest BCUT2D eigenvalue weighted by molar-refractivity contribution is -0.119. The van der Waals surface area contributed by atoms with Crippen molar-refractivity contribution in [2.75, 3.05) is 26.9 Å². The molecule has 18 heavy (non-hydrogen) atoms. The second kappa shape index (κ2) is 9.70. The summed E-state index contributed by atoms with van der Waals surface area (Å²) in [5.41, 5.74) is 6.17. The number of hydrogen-bond donors (Lipinski definition) is 2. The van der Waals surface area contributed by atoms with E-state index in [2.05, 4.69) is 5.32 Å². The Morgan fingerprint density at radius 3 is 2.83 bits per heavy atom. The van der Waals surface area contributed by atoms with E-state index in [9.17, 15) is 4.79 Å². The van der Waals surface area contributed by atoms with Crippen molar-refractivity contribution in [2.24, 2.45) is 5.73 Å². The van der Waals surface area contributed by atoms with Crippen LogP contribution in [0.5, 0.6) is 5.75 Å². The van der Waals surface area contributed by atoms with Crippen molar-refractivity contribution in [2.45, 2.75) is 6.54 Å². The van der Waals surface area contributed by atoms with Crippen LogP contribution in [0.3, 0.4) is 0 Å². The lowest BCUT2D eigenvalue weighted by atomic mass is 10.2. The number of amides is 1. The smallest absolute Gasteiger partial charge is 0.234 e. The minimum atomic E-state index is -0.171. The zero-order valence-electron chi connectivity index (χ0n) is 10.3. The van der Waals surface area contributed by atoms with E-state index in [1.54, 1.807) is 7.11 Å². The molecule has 0 fully saturated rings. The molecule has 0 radical (unpaired) electrons. The number of nitrogens with one attached hydrogen (secondary N) is 1. The van der Waals surface area contributed by atoms with Crippen molar-refractivity contribution >= 4 is 18.3 Å². The first-order chi connectivity index (χ1) is 8.26. The van der Waals surface area contributed by atoms with Gasteiger partial charge in [0.2, 0.25) is 5.91 Å². The van der Waals surface area contributed by atoms with E-state index in [1.165, 1.54) is 0 Å². The van der Waals surface area contributed by atoms with E-state index < -0.39 is 0 Å². The molecule has 0 bridgehead atoms. The number of halogens is 1. The standard InChI is InChI=1S/C12H18N2O3.ClH/c1-16-5-6-17-11-4-2-3-10(7-11)9-14-12(15)8-13;/h2-4,7H,5-6,8-9,13H2,1H3,(H,14,15);1H. The van der Waals surface area contributed by atoms with Crippen LogP contribution in [0.1, 0.15) is 5.56 Å². The zero-order valence-corrected chi connectivity index (χ0v) is 11.2. The first-order valence-electron chi connectivity index (χ1n) is 5.43. The molecule has 0 aromatic heterocycles. The summed E-state index contributed by atoms with van der Waals surface area (Å²) in [6, 6.07) is 7.54. The Balaban J connectivity index is 0.00000289.